The molecule has 0 aromatic rings. The first-order valence-electron chi connectivity index (χ1n) is 7.87. The van der Waals surface area contributed by atoms with Crippen LogP contribution in [0.5, 0.6) is 0 Å². The lowest BCUT2D eigenvalue weighted by Crippen LogP contribution is -2.42. The number of piperidine rings is 1. The van der Waals surface area contributed by atoms with E-state index in [-0.39, 0.29) is 11.8 Å². The molecule has 0 aromatic carbocycles. The lowest BCUT2D eigenvalue weighted by Gasteiger charge is -2.35. The number of amides is 1. The van der Waals surface area contributed by atoms with Crippen molar-refractivity contribution in [3.05, 3.63) is 0 Å². The lowest BCUT2D eigenvalue weighted by atomic mass is 9.96. The molecule has 1 aliphatic heterocycles. The number of carbonyl (C=O) groups excluding carboxylic acids is 1. The molecule has 0 N–H and O–H groups in total. The van der Waals surface area contributed by atoms with Crippen LogP contribution in [-0.4, -0.2) is 48.9 Å². The molecule has 0 spiro atoms. The molecule has 19 heavy (non-hydrogen) atoms. The predicted octanol–water partition coefficient (Wildman–Crippen LogP) is 2.86. The van der Waals surface area contributed by atoms with Crippen LogP contribution in [0.3, 0.4) is 0 Å². The van der Waals surface area contributed by atoms with E-state index in [1.807, 2.05) is 25.8 Å². The second-order valence-corrected chi connectivity index (χ2v) is 6.86. The summed E-state index contributed by atoms with van der Waals surface area (Å²) in [4.78, 5) is 16.4. The van der Waals surface area contributed by atoms with Gasteiger partial charge in [-0.2, -0.15) is 0 Å². The molecule has 1 atom stereocenters. The normalized spacial score (nSPS) is 21.1. The third kappa shape index (κ3) is 5.94. The van der Waals surface area contributed by atoms with E-state index < -0.39 is 0 Å². The molecule has 3 heteroatoms. The van der Waals surface area contributed by atoms with Crippen molar-refractivity contribution in [2.75, 3.05) is 33.2 Å². The molecule has 0 aliphatic carbocycles. The summed E-state index contributed by atoms with van der Waals surface area (Å²) >= 11 is 0. The topological polar surface area (TPSA) is 23.6 Å². The summed E-state index contributed by atoms with van der Waals surface area (Å²) in [5.74, 6) is 1.84. The number of likely N-dealkylation sites (tertiary alicyclic amines) is 1. The minimum atomic E-state index is 0.116. The maximum absolute atomic E-state index is 11.9. The molecular weight excluding hydrogens is 236 g/mol. The Labute approximate surface area is 119 Å². The number of rotatable bonds is 6. The predicted molar refractivity (Wildman–Crippen MR) is 81.1 cm³/mol. The zero-order valence-corrected chi connectivity index (χ0v) is 13.5. The summed E-state index contributed by atoms with van der Waals surface area (Å²) in [6, 6.07) is 0. The van der Waals surface area contributed by atoms with Gasteiger partial charge in [0.1, 0.15) is 0 Å². The minimum Gasteiger partial charge on any atom is -0.345 e. The Morgan fingerprint density at radius 2 is 2.00 bits per heavy atom. The molecule has 1 aliphatic rings. The van der Waals surface area contributed by atoms with Gasteiger partial charge in [0.15, 0.2) is 0 Å². The fourth-order valence-corrected chi connectivity index (χ4v) is 2.86. The van der Waals surface area contributed by atoms with E-state index in [2.05, 4.69) is 18.7 Å². The van der Waals surface area contributed by atoms with E-state index in [1.165, 1.54) is 38.9 Å². The van der Waals surface area contributed by atoms with Gasteiger partial charge in [0, 0.05) is 26.1 Å². The molecule has 1 heterocycles. The maximum Gasteiger partial charge on any atom is 0.224 e. The number of carbonyl (C=O) groups is 1. The molecule has 1 fully saturated rings. The second-order valence-electron chi connectivity index (χ2n) is 6.86. The second kappa shape index (κ2) is 7.88. The zero-order chi connectivity index (χ0) is 14.4. The molecule has 0 bridgehead atoms. The van der Waals surface area contributed by atoms with Gasteiger partial charge in [-0.3, -0.25) is 4.79 Å². The summed E-state index contributed by atoms with van der Waals surface area (Å²) in [7, 11) is 1.95. The van der Waals surface area contributed by atoms with Crippen LogP contribution in [0, 0.1) is 17.8 Å². The van der Waals surface area contributed by atoms with Crippen molar-refractivity contribution < 1.29 is 4.79 Å². The summed E-state index contributed by atoms with van der Waals surface area (Å²) < 4.78 is 0. The van der Waals surface area contributed by atoms with Crippen molar-refractivity contribution in [2.24, 2.45) is 17.8 Å². The zero-order valence-electron chi connectivity index (χ0n) is 13.5. The van der Waals surface area contributed by atoms with Crippen molar-refractivity contribution in [2.45, 2.75) is 47.0 Å². The highest BCUT2D eigenvalue weighted by Crippen LogP contribution is 2.19. The Balaban J connectivity index is 2.36. The van der Waals surface area contributed by atoms with Gasteiger partial charge in [0.05, 0.1) is 0 Å². The van der Waals surface area contributed by atoms with E-state index in [9.17, 15) is 4.79 Å². The van der Waals surface area contributed by atoms with Crippen LogP contribution < -0.4 is 0 Å². The highest BCUT2D eigenvalue weighted by Gasteiger charge is 2.23. The average Bonchev–Trinajstić information content (AvgIpc) is 2.35. The van der Waals surface area contributed by atoms with Gasteiger partial charge in [-0.1, -0.05) is 27.7 Å². The lowest BCUT2D eigenvalue weighted by molar-refractivity contribution is -0.133. The van der Waals surface area contributed by atoms with E-state index in [0.717, 1.165) is 12.5 Å². The van der Waals surface area contributed by atoms with Crippen molar-refractivity contribution in [1.29, 1.82) is 0 Å². The fourth-order valence-electron chi connectivity index (χ4n) is 2.86. The maximum atomic E-state index is 11.9. The Bertz CT molecular complexity index is 276. The van der Waals surface area contributed by atoms with Gasteiger partial charge in [0.25, 0.3) is 0 Å². The first-order valence-corrected chi connectivity index (χ1v) is 7.87. The number of hydrogen-bond donors (Lipinski definition) is 0. The van der Waals surface area contributed by atoms with Crippen LogP contribution in [0.2, 0.25) is 0 Å². The van der Waals surface area contributed by atoms with Crippen molar-refractivity contribution in [1.82, 2.24) is 9.80 Å². The van der Waals surface area contributed by atoms with Gasteiger partial charge >= 0.3 is 0 Å². The van der Waals surface area contributed by atoms with Crippen molar-refractivity contribution >= 4 is 5.91 Å². The van der Waals surface area contributed by atoms with Gasteiger partial charge < -0.3 is 9.80 Å². The molecule has 112 valence electrons. The molecule has 1 rings (SSSR count). The Morgan fingerprint density at radius 1 is 1.32 bits per heavy atom. The van der Waals surface area contributed by atoms with Gasteiger partial charge in [0.2, 0.25) is 5.91 Å². The SMILES string of the molecule is CC(C)CCN1CCC[C@H](CN(C)C(=O)C(C)C)C1. The molecule has 1 amide bonds. The number of nitrogens with zero attached hydrogens (tertiary/aromatic N) is 2. The molecule has 0 aromatic heterocycles. The first kappa shape index (κ1) is 16.5. The van der Waals surface area contributed by atoms with Crippen molar-refractivity contribution in [3.8, 4) is 0 Å². The number of hydrogen-bond acceptors (Lipinski definition) is 2. The Hall–Kier alpha value is -0.570. The van der Waals surface area contributed by atoms with E-state index in [0.29, 0.717) is 5.92 Å². The van der Waals surface area contributed by atoms with Crippen LogP contribution in [0.4, 0.5) is 0 Å². The molecule has 0 unspecified atom stereocenters. The summed E-state index contributed by atoms with van der Waals surface area (Å²) in [6.07, 6.45) is 3.84. The molecule has 1 saturated heterocycles. The summed E-state index contributed by atoms with van der Waals surface area (Å²) in [6.45, 7) is 13.1. The summed E-state index contributed by atoms with van der Waals surface area (Å²) in [5.41, 5.74) is 0. The monoisotopic (exact) mass is 268 g/mol. The molecular formula is C16H32N2O. The van der Waals surface area contributed by atoms with Crippen molar-refractivity contribution in [3.63, 3.8) is 0 Å². The minimum absolute atomic E-state index is 0.116. The molecule has 0 saturated carbocycles. The highest BCUT2D eigenvalue weighted by atomic mass is 16.2. The smallest absolute Gasteiger partial charge is 0.224 e. The van der Waals surface area contributed by atoms with Crippen LogP contribution in [0.15, 0.2) is 0 Å². The van der Waals surface area contributed by atoms with Crippen LogP contribution in [0.1, 0.15) is 47.0 Å². The van der Waals surface area contributed by atoms with Crippen LogP contribution >= 0.6 is 0 Å². The van der Waals surface area contributed by atoms with Gasteiger partial charge in [-0.05, 0) is 44.2 Å². The van der Waals surface area contributed by atoms with Gasteiger partial charge in [-0.15, -0.1) is 0 Å². The highest BCUT2D eigenvalue weighted by molar-refractivity contribution is 5.77. The van der Waals surface area contributed by atoms with Crippen LogP contribution in [0.25, 0.3) is 0 Å². The van der Waals surface area contributed by atoms with Crippen LogP contribution in [-0.2, 0) is 4.79 Å². The van der Waals surface area contributed by atoms with E-state index in [1.54, 1.807) is 0 Å². The first-order chi connectivity index (χ1) is 8.90. The van der Waals surface area contributed by atoms with Gasteiger partial charge in [-0.25, -0.2) is 0 Å². The molecule has 0 radical (unpaired) electrons. The summed E-state index contributed by atoms with van der Waals surface area (Å²) in [5, 5.41) is 0. The fraction of sp³-hybridized carbons (Fsp3) is 0.938. The Morgan fingerprint density at radius 3 is 2.58 bits per heavy atom. The third-order valence-electron chi connectivity index (χ3n) is 4.03. The third-order valence-corrected chi connectivity index (χ3v) is 4.03. The molecule has 3 nitrogen and oxygen atoms in total. The van der Waals surface area contributed by atoms with E-state index in [4.69, 9.17) is 0 Å². The largest absolute Gasteiger partial charge is 0.345 e. The Kier molecular flexibility index (Phi) is 6.84. The van der Waals surface area contributed by atoms with E-state index >= 15 is 0 Å². The quantitative estimate of drug-likeness (QED) is 0.739. The average molecular weight is 268 g/mol. The standard InChI is InChI=1S/C16H32N2O/c1-13(2)8-10-18-9-6-7-15(12-18)11-17(5)16(19)14(3)4/h13-15H,6-12H2,1-5H3/t15-/m1/s1.